The van der Waals surface area contributed by atoms with E-state index in [4.69, 9.17) is 4.74 Å². The van der Waals surface area contributed by atoms with Gasteiger partial charge in [0.15, 0.2) is 0 Å². The Morgan fingerprint density at radius 1 is 0.926 bits per heavy atom. The number of halogens is 1. The van der Waals surface area contributed by atoms with Gasteiger partial charge in [0.05, 0.1) is 6.61 Å². The van der Waals surface area contributed by atoms with Gasteiger partial charge in [-0.1, -0.05) is 64.7 Å². The third kappa shape index (κ3) is 10.7. The molecule has 0 saturated heterocycles. The van der Waals surface area contributed by atoms with Crippen LogP contribution in [0.15, 0.2) is 24.3 Å². The Morgan fingerprint density at radius 2 is 1.44 bits per heavy atom. The molecule has 1 rings (SSSR count). The summed E-state index contributed by atoms with van der Waals surface area (Å²) in [6.45, 7) is 4.20. The van der Waals surface area contributed by atoms with E-state index in [1.54, 1.807) is 6.92 Å². The Labute approximate surface area is 162 Å². The first-order valence-corrected chi connectivity index (χ1v) is 10.3. The monoisotopic (exact) mass is 379 g/mol. The minimum absolute atomic E-state index is 0.311. The van der Waals surface area contributed by atoms with Crippen LogP contribution in [-0.2, 0) is 9.53 Å². The van der Waals surface area contributed by atoms with Gasteiger partial charge >= 0.3 is 5.97 Å². The maximum Gasteiger partial charge on any atom is 0.328 e. The van der Waals surface area contributed by atoms with Crippen molar-refractivity contribution in [3.8, 4) is 0 Å². The maximum absolute atomic E-state index is 12.9. The number of unbranched alkanes of at least 4 members (excludes halogenated alkanes) is 9. The third-order valence-electron chi connectivity index (χ3n) is 4.55. The summed E-state index contributed by atoms with van der Waals surface area (Å²) in [5.41, 5.74) is 0.311. The van der Waals surface area contributed by atoms with Crippen LogP contribution in [0.25, 0.3) is 0 Å². The Hall–Kier alpha value is -1.91. The average Bonchev–Trinajstić information content (AvgIpc) is 2.66. The number of hydrogen-bond acceptors (Lipinski definition) is 3. The van der Waals surface area contributed by atoms with Crippen LogP contribution < -0.4 is 5.32 Å². The lowest BCUT2D eigenvalue weighted by Gasteiger charge is -2.13. The smallest absolute Gasteiger partial charge is 0.328 e. The van der Waals surface area contributed by atoms with Crippen LogP contribution in [0.4, 0.5) is 4.39 Å². The van der Waals surface area contributed by atoms with Crippen molar-refractivity contribution in [1.29, 1.82) is 0 Å². The molecule has 1 amide bonds. The van der Waals surface area contributed by atoms with E-state index in [1.807, 2.05) is 0 Å². The second kappa shape index (κ2) is 14.2. The summed E-state index contributed by atoms with van der Waals surface area (Å²) in [6.07, 6.45) is 12.2. The van der Waals surface area contributed by atoms with Crippen LogP contribution in [0.5, 0.6) is 0 Å². The molecule has 0 radical (unpaired) electrons. The predicted octanol–water partition coefficient (Wildman–Crippen LogP) is 5.41. The highest BCUT2D eigenvalue weighted by atomic mass is 19.1. The summed E-state index contributed by atoms with van der Waals surface area (Å²) in [5, 5.41) is 2.57. The fraction of sp³-hybridized carbons (Fsp3) is 0.636. The lowest BCUT2D eigenvalue weighted by atomic mass is 10.1. The van der Waals surface area contributed by atoms with E-state index in [2.05, 4.69) is 12.2 Å². The fourth-order valence-corrected chi connectivity index (χ4v) is 2.83. The number of esters is 1. The zero-order chi connectivity index (χ0) is 19.9. The Kier molecular flexibility index (Phi) is 12.2. The molecule has 0 aliphatic rings. The van der Waals surface area contributed by atoms with E-state index in [0.29, 0.717) is 12.2 Å². The van der Waals surface area contributed by atoms with Crippen LogP contribution in [0.3, 0.4) is 0 Å². The topological polar surface area (TPSA) is 55.4 Å². The Bertz CT molecular complexity index is 545. The highest BCUT2D eigenvalue weighted by Crippen LogP contribution is 2.10. The van der Waals surface area contributed by atoms with Gasteiger partial charge < -0.3 is 10.1 Å². The summed E-state index contributed by atoms with van der Waals surface area (Å²) in [6, 6.07) is 4.45. The minimum Gasteiger partial charge on any atom is -0.464 e. The van der Waals surface area contributed by atoms with Crippen molar-refractivity contribution in [1.82, 2.24) is 5.32 Å². The van der Waals surface area contributed by atoms with E-state index in [0.717, 1.165) is 12.8 Å². The number of rotatable bonds is 14. The van der Waals surface area contributed by atoms with Crippen LogP contribution in [0.2, 0.25) is 0 Å². The lowest BCUT2D eigenvalue weighted by Crippen LogP contribution is -2.39. The van der Waals surface area contributed by atoms with Crippen LogP contribution >= 0.6 is 0 Å². The number of nitrogens with one attached hydrogen (secondary N) is 1. The highest BCUT2D eigenvalue weighted by Gasteiger charge is 2.17. The van der Waals surface area contributed by atoms with Gasteiger partial charge in [0, 0.05) is 5.56 Å². The van der Waals surface area contributed by atoms with Crippen LogP contribution in [0, 0.1) is 5.82 Å². The molecule has 0 spiro atoms. The molecule has 0 heterocycles. The normalized spacial score (nSPS) is 11.8. The van der Waals surface area contributed by atoms with Crippen molar-refractivity contribution in [2.75, 3.05) is 6.61 Å². The molecule has 1 atom stereocenters. The number of amides is 1. The molecule has 1 aromatic carbocycles. The van der Waals surface area contributed by atoms with Gasteiger partial charge in [-0.2, -0.15) is 0 Å². The quantitative estimate of drug-likeness (QED) is 0.347. The second-order valence-corrected chi connectivity index (χ2v) is 7.05. The van der Waals surface area contributed by atoms with Crippen molar-refractivity contribution in [2.45, 2.75) is 84.1 Å². The average molecular weight is 380 g/mol. The van der Waals surface area contributed by atoms with E-state index in [9.17, 15) is 14.0 Å². The first-order valence-electron chi connectivity index (χ1n) is 10.3. The Morgan fingerprint density at radius 3 is 2.00 bits per heavy atom. The fourth-order valence-electron chi connectivity index (χ4n) is 2.83. The number of ether oxygens (including phenoxy) is 1. The van der Waals surface area contributed by atoms with Crippen molar-refractivity contribution >= 4 is 11.9 Å². The summed E-state index contributed by atoms with van der Waals surface area (Å²) < 4.78 is 18.1. The van der Waals surface area contributed by atoms with Crippen molar-refractivity contribution in [3.63, 3.8) is 0 Å². The van der Waals surface area contributed by atoms with Gasteiger partial charge in [0.25, 0.3) is 5.91 Å². The van der Waals surface area contributed by atoms with Crippen molar-refractivity contribution in [2.24, 2.45) is 0 Å². The second-order valence-electron chi connectivity index (χ2n) is 7.05. The molecule has 152 valence electrons. The van der Waals surface area contributed by atoms with Gasteiger partial charge in [-0.3, -0.25) is 4.79 Å². The van der Waals surface area contributed by atoms with Gasteiger partial charge in [0.1, 0.15) is 11.9 Å². The van der Waals surface area contributed by atoms with Crippen LogP contribution in [0.1, 0.15) is 88.4 Å². The molecule has 1 aromatic rings. The third-order valence-corrected chi connectivity index (χ3v) is 4.55. The number of carbonyl (C=O) groups excluding carboxylic acids is 2. The molecule has 0 fully saturated rings. The first-order chi connectivity index (χ1) is 13.0. The van der Waals surface area contributed by atoms with Gasteiger partial charge in [-0.05, 0) is 37.6 Å². The molecule has 27 heavy (non-hydrogen) atoms. The molecule has 0 aromatic heterocycles. The molecule has 0 bridgehead atoms. The van der Waals surface area contributed by atoms with E-state index < -0.39 is 23.7 Å². The summed E-state index contributed by atoms with van der Waals surface area (Å²) >= 11 is 0. The number of carbonyl (C=O) groups is 2. The number of hydrogen-bond donors (Lipinski definition) is 1. The van der Waals surface area contributed by atoms with Crippen LogP contribution in [-0.4, -0.2) is 24.5 Å². The lowest BCUT2D eigenvalue weighted by molar-refractivity contribution is -0.145. The molecule has 0 unspecified atom stereocenters. The zero-order valence-corrected chi connectivity index (χ0v) is 16.8. The van der Waals surface area contributed by atoms with Gasteiger partial charge in [0.2, 0.25) is 0 Å². The maximum atomic E-state index is 12.9. The molecular formula is C22H34FNO3. The molecule has 0 aliphatic heterocycles. The number of benzene rings is 1. The van der Waals surface area contributed by atoms with Crippen molar-refractivity contribution < 1.29 is 18.7 Å². The van der Waals surface area contributed by atoms with Gasteiger partial charge in [-0.15, -0.1) is 0 Å². The molecule has 0 aliphatic carbocycles. The molecule has 0 saturated carbocycles. The summed E-state index contributed by atoms with van der Waals surface area (Å²) in [7, 11) is 0. The van der Waals surface area contributed by atoms with E-state index >= 15 is 0 Å². The Balaban J connectivity index is 2.05. The predicted molar refractivity (Wildman–Crippen MR) is 106 cm³/mol. The largest absolute Gasteiger partial charge is 0.464 e. The van der Waals surface area contributed by atoms with Crippen molar-refractivity contribution in [3.05, 3.63) is 35.6 Å². The molecule has 4 nitrogen and oxygen atoms in total. The summed E-state index contributed by atoms with van der Waals surface area (Å²) in [5.74, 6) is -1.27. The zero-order valence-electron chi connectivity index (χ0n) is 16.8. The SMILES string of the molecule is CCCCCCCCCCCCOC(=O)[C@H](C)NC(=O)c1ccc(F)cc1. The van der Waals surface area contributed by atoms with Gasteiger partial charge in [-0.25, -0.2) is 9.18 Å². The van der Waals surface area contributed by atoms with E-state index in [-0.39, 0.29) is 0 Å². The minimum atomic E-state index is -0.731. The molecule has 5 heteroatoms. The highest BCUT2D eigenvalue weighted by molar-refractivity contribution is 5.96. The molecule has 1 N–H and O–H groups in total. The first kappa shape index (κ1) is 23.1. The van der Waals surface area contributed by atoms with E-state index in [1.165, 1.54) is 75.6 Å². The molecular weight excluding hydrogens is 345 g/mol. The summed E-state index contributed by atoms with van der Waals surface area (Å²) in [4.78, 5) is 23.9. The standard InChI is InChI=1S/C22H34FNO3/c1-3-4-5-6-7-8-9-10-11-12-17-27-22(26)18(2)24-21(25)19-13-15-20(23)16-14-19/h13-16,18H,3-12,17H2,1-2H3,(H,24,25)/t18-/m0/s1.